The third kappa shape index (κ3) is 4.30. The molecule has 2 aromatic carbocycles. The zero-order chi connectivity index (χ0) is 21.1. The third-order valence-electron chi connectivity index (χ3n) is 4.92. The summed E-state index contributed by atoms with van der Waals surface area (Å²) in [7, 11) is 0. The number of hydrogen-bond acceptors (Lipinski definition) is 4. The second-order valence-electron chi connectivity index (χ2n) is 8.25. The molecule has 0 unspecified atom stereocenters. The number of amides is 1. The fraction of sp³-hybridized carbons (Fsp3) is 0.160. The van der Waals surface area contributed by atoms with Crippen LogP contribution in [0.2, 0.25) is 0 Å². The van der Waals surface area contributed by atoms with Gasteiger partial charge in [-0.3, -0.25) is 14.8 Å². The normalized spacial score (nSPS) is 11.3. The molecule has 0 fully saturated rings. The number of nitrogens with one attached hydrogen (secondary N) is 2. The topological polar surface area (TPSA) is 66.9 Å². The molecule has 30 heavy (non-hydrogen) atoms. The highest BCUT2D eigenvalue weighted by Crippen LogP contribution is 2.25. The van der Waals surface area contributed by atoms with Crippen molar-refractivity contribution in [3.8, 4) is 0 Å². The summed E-state index contributed by atoms with van der Waals surface area (Å²) in [6, 6.07) is 19.6. The molecular weight excluding hydrogens is 372 g/mol. The molecule has 5 heteroatoms. The monoisotopic (exact) mass is 396 g/mol. The number of hydrogen-bond donors (Lipinski definition) is 2. The molecule has 0 saturated carbocycles. The minimum atomic E-state index is -0.229. The summed E-state index contributed by atoms with van der Waals surface area (Å²) in [6.45, 7) is 6.56. The Morgan fingerprint density at radius 1 is 0.900 bits per heavy atom. The molecule has 5 nitrogen and oxygen atoms in total. The molecular formula is C25H24N4O. The van der Waals surface area contributed by atoms with Crippen molar-refractivity contribution in [1.82, 2.24) is 9.97 Å². The average molecular weight is 396 g/mol. The SMILES string of the molecule is CC(C)(C)c1ccc(Nc2cncc(C(=O)Nc3cccc4cccnc34)c2)cc1. The average Bonchev–Trinajstić information content (AvgIpc) is 2.74. The molecule has 4 aromatic rings. The van der Waals surface area contributed by atoms with Gasteiger partial charge >= 0.3 is 0 Å². The summed E-state index contributed by atoms with van der Waals surface area (Å²) < 4.78 is 0. The second-order valence-corrected chi connectivity index (χ2v) is 8.25. The molecule has 1 amide bonds. The summed E-state index contributed by atoms with van der Waals surface area (Å²) in [6.07, 6.45) is 4.98. The second kappa shape index (κ2) is 7.95. The molecule has 0 aliphatic rings. The first-order chi connectivity index (χ1) is 14.4. The minimum Gasteiger partial charge on any atom is -0.354 e. The van der Waals surface area contributed by atoms with E-state index in [4.69, 9.17) is 0 Å². The van der Waals surface area contributed by atoms with Gasteiger partial charge in [0.15, 0.2) is 0 Å². The molecule has 2 aromatic heterocycles. The lowest BCUT2D eigenvalue weighted by atomic mass is 9.87. The van der Waals surface area contributed by atoms with Crippen molar-refractivity contribution >= 4 is 33.9 Å². The van der Waals surface area contributed by atoms with Crippen molar-refractivity contribution in [3.05, 3.63) is 90.4 Å². The number of pyridine rings is 2. The molecule has 0 aliphatic heterocycles. The van der Waals surface area contributed by atoms with Gasteiger partial charge < -0.3 is 10.6 Å². The van der Waals surface area contributed by atoms with Crippen molar-refractivity contribution < 1.29 is 4.79 Å². The smallest absolute Gasteiger partial charge is 0.257 e. The lowest BCUT2D eigenvalue weighted by Gasteiger charge is -2.19. The van der Waals surface area contributed by atoms with E-state index in [2.05, 4.69) is 53.5 Å². The van der Waals surface area contributed by atoms with Crippen LogP contribution in [0.3, 0.4) is 0 Å². The zero-order valence-electron chi connectivity index (χ0n) is 17.3. The number of anilines is 3. The number of benzene rings is 2. The molecule has 0 aliphatic carbocycles. The maximum absolute atomic E-state index is 12.8. The number of aromatic nitrogens is 2. The maximum atomic E-state index is 12.8. The highest BCUT2D eigenvalue weighted by molar-refractivity contribution is 6.08. The molecule has 0 spiro atoms. The minimum absolute atomic E-state index is 0.106. The quantitative estimate of drug-likeness (QED) is 0.449. The summed E-state index contributed by atoms with van der Waals surface area (Å²) in [5, 5.41) is 7.24. The van der Waals surface area contributed by atoms with Gasteiger partial charge in [-0.25, -0.2) is 0 Å². The van der Waals surface area contributed by atoms with Crippen molar-refractivity contribution in [2.24, 2.45) is 0 Å². The molecule has 4 rings (SSSR count). The van der Waals surface area contributed by atoms with E-state index in [1.807, 2.05) is 42.5 Å². The van der Waals surface area contributed by atoms with Crippen LogP contribution in [0.1, 0.15) is 36.7 Å². The molecule has 0 bridgehead atoms. The predicted molar refractivity (Wildman–Crippen MR) is 122 cm³/mol. The Morgan fingerprint density at radius 2 is 1.67 bits per heavy atom. The van der Waals surface area contributed by atoms with Crippen molar-refractivity contribution in [2.75, 3.05) is 10.6 Å². The van der Waals surface area contributed by atoms with E-state index >= 15 is 0 Å². The molecule has 0 saturated heterocycles. The maximum Gasteiger partial charge on any atom is 0.257 e. The number of carbonyl (C=O) groups is 1. The van der Waals surface area contributed by atoms with Gasteiger partial charge in [0.1, 0.15) is 0 Å². The van der Waals surface area contributed by atoms with E-state index in [-0.39, 0.29) is 11.3 Å². The Balaban J connectivity index is 1.52. The van der Waals surface area contributed by atoms with Crippen molar-refractivity contribution in [1.29, 1.82) is 0 Å². The Hall–Kier alpha value is -3.73. The lowest BCUT2D eigenvalue weighted by molar-refractivity contribution is 0.102. The first-order valence-corrected chi connectivity index (χ1v) is 9.88. The van der Waals surface area contributed by atoms with Crippen LogP contribution in [-0.4, -0.2) is 15.9 Å². The van der Waals surface area contributed by atoms with Crippen LogP contribution in [0.4, 0.5) is 17.1 Å². The van der Waals surface area contributed by atoms with Gasteiger partial charge in [0.2, 0.25) is 0 Å². The van der Waals surface area contributed by atoms with Crippen LogP contribution in [0, 0.1) is 0 Å². The van der Waals surface area contributed by atoms with Gasteiger partial charge in [-0.2, -0.15) is 0 Å². The fourth-order valence-corrected chi connectivity index (χ4v) is 3.25. The van der Waals surface area contributed by atoms with Gasteiger partial charge in [0.05, 0.1) is 28.7 Å². The largest absolute Gasteiger partial charge is 0.354 e. The number of para-hydroxylation sites is 1. The van der Waals surface area contributed by atoms with E-state index in [1.54, 1.807) is 24.7 Å². The van der Waals surface area contributed by atoms with Crippen LogP contribution in [0.15, 0.2) is 79.3 Å². The van der Waals surface area contributed by atoms with Crippen LogP contribution in [0.5, 0.6) is 0 Å². The summed E-state index contributed by atoms with van der Waals surface area (Å²) >= 11 is 0. The van der Waals surface area contributed by atoms with E-state index in [9.17, 15) is 4.79 Å². The van der Waals surface area contributed by atoms with Crippen LogP contribution in [-0.2, 0) is 5.41 Å². The molecule has 2 N–H and O–H groups in total. The summed E-state index contributed by atoms with van der Waals surface area (Å²) in [4.78, 5) is 21.4. The van der Waals surface area contributed by atoms with Crippen LogP contribution >= 0.6 is 0 Å². The molecule has 0 atom stereocenters. The molecule has 150 valence electrons. The van der Waals surface area contributed by atoms with Crippen molar-refractivity contribution in [2.45, 2.75) is 26.2 Å². The Kier molecular flexibility index (Phi) is 5.19. The van der Waals surface area contributed by atoms with Gasteiger partial charge in [0, 0.05) is 23.5 Å². The first-order valence-electron chi connectivity index (χ1n) is 9.88. The fourth-order valence-electron chi connectivity index (χ4n) is 3.25. The van der Waals surface area contributed by atoms with Crippen molar-refractivity contribution in [3.63, 3.8) is 0 Å². The number of carbonyl (C=O) groups excluding carboxylic acids is 1. The van der Waals surface area contributed by atoms with Crippen LogP contribution < -0.4 is 10.6 Å². The highest BCUT2D eigenvalue weighted by atomic mass is 16.1. The third-order valence-corrected chi connectivity index (χ3v) is 4.92. The van der Waals surface area contributed by atoms with Gasteiger partial charge in [-0.05, 0) is 41.3 Å². The summed E-state index contributed by atoms with van der Waals surface area (Å²) in [5.41, 5.74) is 4.97. The van der Waals surface area contributed by atoms with E-state index in [0.29, 0.717) is 11.3 Å². The van der Waals surface area contributed by atoms with Gasteiger partial charge in [0.25, 0.3) is 5.91 Å². The molecule has 0 radical (unpaired) electrons. The van der Waals surface area contributed by atoms with E-state index in [1.165, 1.54) is 5.56 Å². The highest BCUT2D eigenvalue weighted by Gasteiger charge is 2.13. The Morgan fingerprint density at radius 3 is 2.43 bits per heavy atom. The summed E-state index contributed by atoms with van der Waals surface area (Å²) in [5.74, 6) is -0.229. The Bertz CT molecular complexity index is 1190. The van der Waals surface area contributed by atoms with Gasteiger partial charge in [-0.15, -0.1) is 0 Å². The zero-order valence-corrected chi connectivity index (χ0v) is 17.3. The first kappa shape index (κ1) is 19.6. The number of nitrogens with zero attached hydrogens (tertiary/aromatic N) is 2. The van der Waals surface area contributed by atoms with Crippen LogP contribution in [0.25, 0.3) is 10.9 Å². The Labute approximate surface area is 176 Å². The van der Waals surface area contributed by atoms with Gasteiger partial charge in [-0.1, -0.05) is 51.1 Å². The van der Waals surface area contributed by atoms with E-state index in [0.717, 1.165) is 22.3 Å². The molecule has 2 heterocycles. The number of rotatable bonds is 4. The van der Waals surface area contributed by atoms with E-state index < -0.39 is 0 Å². The standard InChI is InChI=1S/C25H24N4O/c1-25(2,3)19-9-11-20(12-10-19)28-21-14-18(15-26-16-21)24(30)29-22-8-4-6-17-7-5-13-27-23(17)22/h4-16,28H,1-3H3,(H,29,30). The number of fused-ring (bicyclic) bond motifs is 1. The lowest BCUT2D eigenvalue weighted by Crippen LogP contribution is -2.13. The predicted octanol–water partition coefficient (Wildman–Crippen LogP) is 5.92.